The van der Waals surface area contributed by atoms with Crippen molar-refractivity contribution in [2.75, 3.05) is 13.1 Å². The largest absolute Gasteiger partial charge is 0.314 e. The van der Waals surface area contributed by atoms with Gasteiger partial charge in [-0.3, -0.25) is 4.79 Å². The summed E-state index contributed by atoms with van der Waals surface area (Å²) in [6.07, 6.45) is 1.89. The second kappa shape index (κ2) is 4.81. The molecule has 0 amide bonds. The molecule has 0 bridgehead atoms. The molecule has 1 aliphatic rings. The van der Waals surface area contributed by atoms with Gasteiger partial charge in [0.2, 0.25) is 0 Å². The van der Waals surface area contributed by atoms with E-state index >= 15 is 0 Å². The topological polar surface area (TPSA) is 57.8 Å². The first-order valence-electron chi connectivity index (χ1n) is 5.25. The molecule has 0 saturated carbocycles. The minimum atomic E-state index is -0.0387. The number of nitrogens with one attached hydrogen (secondary N) is 2. The Labute approximate surface area is 92.9 Å². The Balaban J connectivity index is 2.11. The maximum Gasteiger partial charge on any atom is 0.251 e. The van der Waals surface area contributed by atoms with Crippen LogP contribution in [0, 0.1) is 0 Å². The Morgan fingerprint density at radius 2 is 2.40 bits per heavy atom. The standard InChI is InChI=1S/C10H15N3OS/c1-2-3-7-4-9(14)13-10(12-7)15-8-5-11-6-8/h4,8,11H,2-3,5-6H2,1H3,(H,12,13,14). The van der Waals surface area contributed by atoms with Crippen molar-refractivity contribution in [2.45, 2.75) is 30.2 Å². The zero-order valence-electron chi connectivity index (χ0n) is 8.75. The van der Waals surface area contributed by atoms with E-state index in [4.69, 9.17) is 0 Å². The monoisotopic (exact) mass is 225 g/mol. The fourth-order valence-electron chi connectivity index (χ4n) is 1.43. The van der Waals surface area contributed by atoms with Crippen LogP contribution in [0.15, 0.2) is 16.0 Å². The average Bonchev–Trinajstić information content (AvgIpc) is 2.11. The first kappa shape index (κ1) is 10.7. The molecule has 0 unspecified atom stereocenters. The number of rotatable bonds is 4. The second-order valence-corrected chi connectivity index (χ2v) is 4.98. The number of aromatic amines is 1. The van der Waals surface area contributed by atoms with Crippen molar-refractivity contribution >= 4 is 11.8 Å². The number of thioether (sulfide) groups is 1. The zero-order chi connectivity index (χ0) is 10.7. The van der Waals surface area contributed by atoms with Gasteiger partial charge in [-0.05, 0) is 6.42 Å². The minimum absolute atomic E-state index is 0.0387. The van der Waals surface area contributed by atoms with Crippen LogP contribution in [0.3, 0.4) is 0 Å². The lowest BCUT2D eigenvalue weighted by atomic mass is 10.2. The first-order valence-corrected chi connectivity index (χ1v) is 6.13. The molecule has 2 N–H and O–H groups in total. The summed E-state index contributed by atoms with van der Waals surface area (Å²) >= 11 is 1.66. The summed E-state index contributed by atoms with van der Waals surface area (Å²) in [7, 11) is 0. The SMILES string of the molecule is CCCc1cc(=O)[nH]c(SC2CNC2)n1. The van der Waals surface area contributed by atoms with Gasteiger partial charge in [0.25, 0.3) is 5.56 Å². The van der Waals surface area contributed by atoms with E-state index in [0.29, 0.717) is 5.25 Å². The van der Waals surface area contributed by atoms with E-state index in [2.05, 4.69) is 22.2 Å². The molecule has 15 heavy (non-hydrogen) atoms. The number of nitrogens with zero attached hydrogens (tertiary/aromatic N) is 1. The van der Waals surface area contributed by atoms with Crippen molar-refractivity contribution in [3.8, 4) is 0 Å². The molecular weight excluding hydrogens is 210 g/mol. The van der Waals surface area contributed by atoms with Crippen LogP contribution in [-0.2, 0) is 6.42 Å². The lowest BCUT2D eigenvalue weighted by molar-refractivity contribution is 0.542. The van der Waals surface area contributed by atoms with E-state index < -0.39 is 0 Å². The van der Waals surface area contributed by atoms with Crippen LogP contribution in [0.5, 0.6) is 0 Å². The van der Waals surface area contributed by atoms with Gasteiger partial charge in [0.15, 0.2) is 5.16 Å². The molecule has 1 aliphatic heterocycles. The molecule has 0 aliphatic carbocycles. The van der Waals surface area contributed by atoms with Gasteiger partial charge in [0, 0.05) is 30.1 Å². The van der Waals surface area contributed by atoms with Crippen LogP contribution in [0.2, 0.25) is 0 Å². The highest BCUT2D eigenvalue weighted by molar-refractivity contribution is 7.99. The summed E-state index contributed by atoms with van der Waals surface area (Å²) in [5, 5.41) is 4.52. The molecule has 2 rings (SSSR count). The maximum atomic E-state index is 11.3. The summed E-state index contributed by atoms with van der Waals surface area (Å²) in [5.74, 6) is 0. The minimum Gasteiger partial charge on any atom is -0.314 e. The van der Waals surface area contributed by atoms with Crippen LogP contribution < -0.4 is 10.9 Å². The average molecular weight is 225 g/mol. The highest BCUT2D eigenvalue weighted by Gasteiger charge is 2.19. The van der Waals surface area contributed by atoms with Crippen LogP contribution >= 0.6 is 11.8 Å². The summed E-state index contributed by atoms with van der Waals surface area (Å²) in [6, 6.07) is 1.59. The third-order valence-electron chi connectivity index (χ3n) is 2.30. The molecule has 4 nitrogen and oxygen atoms in total. The van der Waals surface area contributed by atoms with Crippen molar-refractivity contribution in [1.29, 1.82) is 0 Å². The van der Waals surface area contributed by atoms with Gasteiger partial charge in [-0.25, -0.2) is 4.98 Å². The van der Waals surface area contributed by atoms with E-state index in [9.17, 15) is 4.79 Å². The lowest BCUT2D eigenvalue weighted by Crippen LogP contribution is -2.44. The smallest absolute Gasteiger partial charge is 0.251 e. The van der Waals surface area contributed by atoms with E-state index in [1.54, 1.807) is 17.8 Å². The Hall–Kier alpha value is -0.810. The fraction of sp³-hybridized carbons (Fsp3) is 0.600. The van der Waals surface area contributed by atoms with Crippen molar-refractivity contribution in [3.63, 3.8) is 0 Å². The number of H-pyrrole nitrogens is 1. The van der Waals surface area contributed by atoms with Gasteiger partial charge >= 0.3 is 0 Å². The van der Waals surface area contributed by atoms with Gasteiger partial charge < -0.3 is 10.3 Å². The second-order valence-electron chi connectivity index (χ2n) is 3.69. The van der Waals surface area contributed by atoms with Crippen LogP contribution in [-0.4, -0.2) is 28.3 Å². The molecule has 2 heterocycles. The van der Waals surface area contributed by atoms with E-state index in [-0.39, 0.29) is 5.56 Å². The molecule has 0 radical (unpaired) electrons. The van der Waals surface area contributed by atoms with Gasteiger partial charge in [-0.2, -0.15) is 0 Å². The molecule has 0 atom stereocenters. The zero-order valence-corrected chi connectivity index (χ0v) is 9.56. The third-order valence-corrected chi connectivity index (χ3v) is 3.38. The van der Waals surface area contributed by atoms with Gasteiger partial charge in [0.1, 0.15) is 0 Å². The number of aromatic nitrogens is 2. The Morgan fingerprint density at radius 1 is 1.60 bits per heavy atom. The summed E-state index contributed by atoms with van der Waals surface area (Å²) in [4.78, 5) is 18.5. The highest BCUT2D eigenvalue weighted by atomic mass is 32.2. The number of hydrogen-bond donors (Lipinski definition) is 2. The van der Waals surface area contributed by atoms with E-state index in [0.717, 1.165) is 36.8 Å². The predicted molar refractivity (Wildman–Crippen MR) is 61.4 cm³/mol. The van der Waals surface area contributed by atoms with E-state index in [1.807, 2.05) is 0 Å². The van der Waals surface area contributed by atoms with Crippen molar-refractivity contribution in [2.24, 2.45) is 0 Å². The molecule has 1 aromatic rings. The molecule has 1 saturated heterocycles. The lowest BCUT2D eigenvalue weighted by Gasteiger charge is -2.25. The third kappa shape index (κ3) is 2.82. The van der Waals surface area contributed by atoms with Crippen molar-refractivity contribution in [1.82, 2.24) is 15.3 Å². The van der Waals surface area contributed by atoms with Crippen LogP contribution in [0.1, 0.15) is 19.0 Å². The Kier molecular flexibility index (Phi) is 3.43. The first-order chi connectivity index (χ1) is 7.28. The summed E-state index contributed by atoms with van der Waals surface area (Å²) < 4.78 is 0. The number of aryl methyl sites for hydroxylation is 1. The molecular formula is C10H15N3OS. The summed E-state index contributed by atoms with van der Waals surface area (Å²) in [6.45, 7) is 4.10. The summed E-state index contributed by atoms with van der Waals surface area (Å²) in [5.41, 5.74) is 0.860. The number of hydrogen-bond acceptors (Lipinski definition) is 4. The van der Waals surface area contributed by atoms with E-state index in [1.165, 1.54) is 0 Å². The molecule has 0 spiro atoms. The Bertz CT molecular complexity index is 386. The maximum absolute atomic E-state index is 11.3. The highest BCUT2D eigenvalue weighted by Crippen LogP contribution is 2.21. The molecule has 5 heteroatoms. The Morgan fingerprint density at radius 3 is 3.00 bits per heavy atom. The molecule has 1 aromatic heterocycles. The van der Waals surface area contributed by atoms with Crippen LogP contribution in [0.25, 0.3) is 0 Å². The molecule has 82 valence electrons. The fourth-order valence-corrected chi connectivity index (χ4v) is 2.47. The molecule has 1 fully saturated rings. The van der Waals surface area contributed by atoms with Gasteiger partial charge in [-0.15, -0.1) is 0 Å². The predicted octanol–water partition coefficient (Wildman–Crippen LogP) is 0.786. The normalized spacial score (nSPS) is 16.3. The van der Waals surface area contributed by atoms with Gasteiger partial charge in [0.05, 0.1) is 0 Å². The molecule has 0 aromatic carbocycles. The van der Waals surface area contributed by atoms with Crippen LogP contribution in [0.4, 0.5) is 0 Å². The quantitative estimate of drug-likeness (QED) is 0.744. The van der Waals surface area contributed by atoms with Gasteiger partial charge in [-0.1, -0.05) is 25.1 Å². The van der Waals surface area contributed by atoms with Crippen molar-refractivity contribution < 1.29 is 0 Å². The van der Waals surface area contributed by atoms with Crippen molar-refractivity contribution in [3.05, 3.63) is 22.1 Å².